The molecule has 0 spiro atoms. The van der Waals surface area contributed by atoms with Crippen molar-refractivity contribution in [2.24, 2.45) is 0 Å². The lowest BCUT2D eigenvalue weighted by atomic mass is 10.1. The SMILES string of the molecule is CC[C@H](C(=O)NC(C)(C)C)N(Cc1c(Cl)cccc1Cl)C(=O)CSCc1ccc(C)cc1. The quantitative estimate of drug-likeness (QED) is 0.447. The van der Waals surface area contributed by atoms with E-state index in [4.69, 9.17) is 23.2 Å². The standard InChI is InChI=1S/C25H32Cl2N2O2S/c1-6-22(24(31)28-25(3,4)5)29(14-19-20(26)8-7-9-21(19)27)23(30)16-32-15-18-12-10-17(2)11-13-18/h7-13,22H,6,14-16H2,1-5H3,(H,28,31)/t22-/m1/s1. The van der Waals surface area contributed by atoms with Gasteiger partial charge in [-0.1, -0.05) is 66.0 Å². The lowest BCUT2D eigenvalue weighted by molar-refractivity contribution is -0.140. The van der Waals surface area contributed by atoms with E-state index in [-0.39, 0.29) is 24.1 Å². The highest BCUT2D eigenvalue weighted by atomic mass is 35.5. The molecule has 1 N–H and O–H groups in total. The number of hydrogen-bond donors (Lipinski definition) is 1. The minimum absolute atomic E-state index is 0.117. The molecule has 0 fully saturated rings. The third-order valence-electron chi connectivity index (χ3n) is 4.89. The van der Waals surface area contributed by atoms with Gasteiger partial charge < -0.3 is 10.2 Å². The van der Waals surface area contributed by atoms with Crippen LogP contribution >= 0.6 is 35.0 Å². The molecule has 0 unspecified atom stereocenters. The summed E-state index contributed by atoms with van der Waals surface area (Å²) in [6, 6.07) is 12.9. The summed E-state index contributed by atoms with van der Waals surface area (Å²) in [5.74, 6) is 0.682. The number of aryl methyl sites for hydroxylation is 1. The van der Waals surface area contributed by atoms with Crippen LogP contribution in [0.2, 0.25) is 10.0 Å². The molecule has 1 atom stereocenters. The van der Waals surface area contributed by atoms with Gasteiger partial charge >= 0.3 is 0 Å². The van der Waals surface area contributed by atoms with Gasteiger partial charge in [-0.05, 0) is 51.8 Å². The van der Waals surface area contributed by atoms with Crippen molar-refractivity contribution < 1.29 is 9.59 Å². The number of nitrogens with one attached hydrogen (secondary N) is 1. The number of amides is 2. The second kappa shape index (κ2) is 12.0. The second-order valence-electron chi connectivity index (χ2n) is 8.86. The zero-order valence-electron chi connectivity index (χ0n) is 19.4. The van der Waals surface area contributed by atoms with E-state index >= 15 is 0 Å². The molecule has 0 aromatic heterocycles. The van der Waals surface area contributed by atoms with Gasteiger partial charge in [0.25, 0.3) is 0 Å². The Morgan fingerprint density at radius 3 is 2.19 bits per heavy atom. The third kappa shape index (κ3) is 8.02. The van der Waals surface area contributed by atoms with Gasteiger partial charge in [-0.2, -0.15) is 0 Å². The molecule has 0 aliphatic heterocycles. The average molecular weight is 496 g/mol. The normalized spacial score (nSPS) is 12.3. The van der Waals surface area contributed by atoms with Crippen molar-refractivity contribution in [3.05, 3.63) is 69.2 Å². The van der Waals surface area contributed by atoms with Gasteiger partial charge in [-0.3, -0.25) is 9.59 Å². The minimum Gasteiger partial charge on any atom is -0.350 e. The first kappa shape index (κ1) is 26.6. The maximum absolute atomic E-state index is 13.3. The molecule has 2 rings (SSSR count). The predicted molar refractivity (Wildman–Crippen MR) is 136 cm³/mol. The smallest absolute Gasteiger partial charge is 0.243 e. The van der Waals surface area contributed by atoms with Gasteiger partial charge in [0.05, 0.1) is 5.75 Å². The highest BCUT2D eigenvalue weighted by Gasteiger charge is 2.31. The average Bonchev–Trinajstić information content (AvgIpc) is 2.70. The Hall–Kier alpha value is -1.69. The largest absolute Gasteiger partial charge is 0.350 e. The highest BCUT2D eigenvalue weighted by molar-refractivity contribution is 7.99. The number of carbonyl (C=O) groups excluding carboxylic acids is 2. The summed E-state index contributed by atoms with van der Waals surface area (Å²) in [6.45, 7) is 9.90. The molecule has 0 saturated heterocycles. The lowest BCUT2D eigenvalue weighted by Gasteiger charge is -2.33. The Kier molecular flexibility index (Phi) is 9.93. The Bertz CT molecular complexity index is 906. The summed E-state index contributed by atoms with van der Waals surface area (Å²) in [5, 5.41) is 3.96. The van der Waals surface area contributed by atoms with Crippen LogP contribution < -0.4 is 5.32 Å². The molecule has 7 heteroatoms. The maximum Gasteiger partial charge on any atom is 0.243 e. The summed E-state index contributed by atoms with van der Waals surface area (Å²) in [4.78, 5) is 28.0. The van der Waals surface area contributed by atoms with Gasteiger partial charge in [-0.25, -0.2) is 0 Å². The van der Waals surface area contributed by atoms with Gasteiger partial charge in [0.2, 0.25) is 11.8 Å². The van der Waals surface area contributed by atoms with Crippen molar-refractivity contribution in [1.82, 2.24) is 10.2 Å². The van der Waals surface area contributed by atoms with Crippen molar-refractivity contribution >= 4 is 46.8 Å². The Morgan fingerprint density at radius 2 is 1.66 bits per heavy atom. The number of carbonyl (C=O) groups is 2. The van der Waals surface area contributed by atoms with Crippen molar-refractivity contribution in [3.63, 3.8) is 0 Å². The number of benzene rings is 2. The Morgan fingerprint density at radius 1 is 1.06 bits per heavy atom. The predicted octanol–water partition coefficient (Wildman–Crippen LogP) is 6.26. The molecule has 0 radical (unpaired) electrons. The van der Waals surface area contributed by atoms with Crippen LogP contribution in [0.25, 0.3) is 0 Å². The van der Waals surface area contributed by atoms with Crippen LogP contribution in [0.5, 0.6) is 0 Å². The van der Waals surface area contributed by atoms with E-state index in [0.717, 1.165) is 11.3 Å². The number of halogens is 2. The fourth-order valence-corrected chi connectivity index (χ4v) is 4.64. The topological polar surface area (TPSA) is 49.4 Å². The first-order valence-electron chi connectivity index (χ1n) is 10.7. The van der Waals surface area contributed by atoms with Gasteiger partial charge in [0.1, 0.15) is 6.04 Å². The Balaban J connectivity index is 2.22. The number of thioether (sulfide) groups is 1. The second-order valence-corrected chi connectivity index (χ2v) is 10.7. The number of rotatable bonds is 9. The summed E-state index contributed by atoms with van der Waals surface area (Å²) in [5.41, 5.74) is 2.61. The molecule has 2 aromatic rings. The van der Waals surface area contributed by atoms with Crippen LogP contribution in [0.3, 0.4) is 0 Å². The number of hydrogen-bond acceptors (Lipinski definition) is 3. The molecule has 0 aliphatic carbocycles. The Labute approximate surface area is 206 Å². The molecule has 0 bridgehead atoms. The van der Waals surface area contributed by atoms with E-state index in [1.54, 1.807) is 23.1 Å². The minimum atomic E-state index is -0.617. The van der Waals surface area contributed by atoms with Crippen molar-refractivity contribution in [3.8, 4) is 0 Å². The molecular weight excluding hydrogens is 463 g/mol. The first-order chi connectivity index (χ1) is 15.0. The van der Waals surface area contributed by atoms with Crippen LogP contribution in [0.1, 0.15) is 50.8 Å². The van der Waals surface area contributed by atoms with Crippen molar-refractivity contribution in [2.45, 2.75) is 64.9 Å². The third-order valence-corrected chi connectivity index (χ3v) is 6.59. The fourth-order valence-electron chi connectivity index (χ4n) is 3.25. The molecule has 0 heterocycles. The fraction of sp³-hybridized carbons (Fsp3) is 0.440. The van der Waals surface area contributed by atoms with Gasteiger partial charge in [-0.15, -0.1) is 11.8 Å². The van der Waals surface area contributed by atoms with Crippen molar-refractivity contribution in [1.29, 1.82) is 0 Å². The van der Waals surface area contributed by atoms with Crippen LogP contribution in [0.4, 0.5) is 0 Å². The van der Waals surface area contributed by atoms with E-state index in [0.29, 0.717) is 22.0 Å². The van der Waals surface area contributed by atoms with Crippen LogP contribution in [-0.4, -0.2) is 34.0 Å². The molecule has 2 aromatic carbocycles. The molecule has 0 saturated carbocycles. The molecule has 174 valence electrons. The van der Waals surface area contributed by atoms with E-state index in [9.17, 15) is 9.59 Å². The zero-order valence-corrected chi connectivity index (χ0v) is 21.7. The summed E-state index contributed by atoms with van der Waals surface area (Å²) >= 11 is 14.3. The van der Waals surface area contributed by atoms with Gasteiger partial charge in [0, 0.05) is 33.4 Å². The monoisotopic (exact) mass is 494 g/mol. The summed E-state index contributed by atoms with van der Waals surface area (Å²) in [7, 11) is 0. The summed E-state index contributed by atoms with van der Waals surface area (Å²) in [6.07, 6.45) is 0.484. The molecule has 2 amide bonds. The first-order valence-corrected chi connectivity index (χ1v) is 12.6. The lowest BCUT2D eigenvalue weighted by Crippen LogP contribution is -2.53. The van der Waals surface area contributed by atoms with Crippen LogP contribution in [-0.2, 0) is 21.9 Å². The number of nitrogens with zero attached hydrogens (tertiary/aromatic N) is 1. The van der Waals surface area contributed by atoms with E-state index in [2.05, 4.69) is 29.6 Å². The van der Waals surface area contributed by atoms with E-state index in [1.165, 1.54) is 17.3 Å². The molecule has 4 nitrogen and oxygen atoms in total. The molecular formula is C25H32Cl2N2O2S. The van der Waals surface area contributed by atoms with E-state index < -0.39 is 11.6 Å². The van der Waals surface area contributed by atoms with E-state index in [1.807, 2.05) is 34.6 Å². The van der Waals surface area contributed by atoms with Crippen LogP contribution in [0, 0.1) is 6.92 Å². The maximum atomic E-state index is 13.3. The molecule has 32 heavy (non-hydrogen) atoms. The molecule has 0 aliphatic rings. The highest BCUT2D eigenvalue weighted by Crippen LogP contribution is 2.27. The van der Waals surface area contributed by atoms with Crippen LogP contribution in [0.15, 0.2) is 42.5 Å². The van der Waals surface area contributed by atoms with Gasteiger partial charge in [0.15, 0.2) is 0 Å². The van der Waals surface area contributed by atoms with Crippen molar-refractivity contribution in [2.75, 3.05) is 5.75 Å². The summed E-state index contributed by atoms with van der Waals surface area (Å²) < 4.78 is 0. The zero-order chi connectivity index (χ0) is 23.9.